The zero-order chi connectivity index (χ0) is 20.5. The van der Waals surface area contributed by atoms with Gasteiger partial charge in [0.25, 0.3) is 5.91 Å². The van der Waals surface area contributed by atoms with Crippen LogP contribution in [0, 0.1) is 0 Å². The molecule has 29 heavy (non-hydrogen) atoms. The minimum absolute atomic E-state index is 0.109. The van der Waals surface area contributed by atoms with Gasteiger partial charge in [0.15, 0.2) is 6.10 Å². The Hall–Kier alpha value is -2.57. The lowest BCUT2D eigenvalue weighted by Crippen LogP contribution is -2.37. The maximum absolute atomic E-state index is 12.6. The number of methoxy groups -OCH3 is 1. The number of nitrogens with one attached hydrogen (secondary N) is 1. The minimum atomic E-state index is -0.528. The molecule has 1 N–H and O–H groups in total. The monoisotopic (exact) mass is 398 g/mol. The Kier molecular flexibility index (Phi) is 7.90. The van der Waals surface area contributed by atoms with Crippen LogP contribution in [0.2, 0.25) is 0 Å². The Bertz CT molecular complexity index is 773. The number of hydrogen-bond donors (Lipinski definition) is 1. The van der Waals surface area contributed by atoms with Gasteiger partial charge in [-0.2, -0.15) is 0 Å². The van der Waals surface area contributed by atoms with Crippen LogP contribution in [-0.2, 0) is 22.6 Å². The van der Waals surface area contributed by atoms with Gasteiger partial charge in [0.1, 0.15) is 11.5 Å². The van der Waals surface area contributed by atoms with E-state index in [4.69, 9.17) is 14.2 Å². The van der Waals surface area contributed by atoms with Crippen LogP contribution >= 0.6 is 0 Å². The molecule has 1 atom stereocenters. The number of benzene rings is 2. The normalized spacial score (nSPS) is 15.5. The van der Waals surface area contributed by atoms with Crippen molar-refractivity contribution in [2.24, 2.45) is 0 Å². The minimum Gasteiger partial charge on any atom is -0.497 e. The smallest absolute Gasteiger partial charge is 0.261 e. The number of ether oxygens (including phenoxy) is 3. The van der Waals surface area contributed by atoms with Crippen LogP contribution in [0.15, 0.2) is 48.5 Å². The topological polar surface area (TPSA) is 60.0 Å². The first-order chi connectivity index (χ1) is 14.2. The molecule has 0 saturated carbocycles. The van der Waals surface area contributed by atoms with E-state index in [0.717, 1.165) is 44.2 Å². The highest BCUT2D eigenvalue weighted by molar-refractivity contribution is 5.81. The van der Waals surface area contributed by atoms with Crippen molar-refractivity contribution in [3.63, 3.8) is 0 Å². The zero-order valence-electron chi connectivity index (χ0n) is 17.2. The number of carbonyl (C=O) groups excluding carboxylic acids is 1. The van der Waals surface area contributed by atoms with Crippen molar-refractivity contribution in [2.75, 3.05) is 33.4 Å². The van der Waals surface area contributed by atoms with E-state index < -0.39 is 6.10 Å². The summed E-state index contributed by atoms with van der Waals surface area (Å²) in [5.74, 6) is 1.30. The summed E-state index contributed by atoms with van der Waals surface area (Å²) in [6, 6.07) is 15.6. The summed E-state index contributed by atoms with van der Waals surface area (Å²) in [6.07, 6.45) is 0.0644. The highest BCUT2D eigenvalue weighted by Crippen LogP contribution is 2.19. The molecular formula is C23H30N2O4. The van der Waals surface area contributed by atoms with Crippen LogP contribution in [0.4, 0.5) is 0 Å². The van der Waals surface area contributed by atoms with Gasteiger partial charge in [-0.1, -0.05) is 31.2 Å². The van der Waals surface area contributed by atoms with Gasteiger partial charge in [-0.25, -0.2) is 0 Å². The highest BCUT2D eigenvalue weighted by atomic mass is 16.5. The molecule has 2 aromatic carbocycles. The van der Waals surface area contributed by atoms with Crippen molar-refractivity contribution in [3.8, 4) is 11.5 Å². The molecule has 6 heteroatoms. The molecule has 0 radical (unpaired) electrons. The van der Waals surface area contributed by atoms with Crippen LogP contribution in [0.25, 0.3) is 0 Å². The lowest BCUT2D eigenvalue weighted by atomic mass is 10.1. The fourth-order valence-corrected chi connectivity index (χ4v) is 3.30. The third kappa shape index (κ3) is 6.48. The van der Waals surface area contributed by atoms with Gasteiger partial charge in [-0.05, 0) is 41.8 Å². The number of rotatable bonds is 9. The first-order valence-corrected chi connectivity index (χ1v) is 10.1. The van der Waals surface area contributed by atoms with Crippen molar-refractivity contribution < 1.29 is 19.0 Å². The first kappa shape index (κ1) is 21.1. The van der Waals surface area contributed by atoms with Gasteiger partial charge in [-0.3, -0.25) is 9.69 Å². The summed E-state index contributed by atoms with van der Waals surface area (Å²) < 4.78 is 16.4. The maximum Gasteiger partial charge on any atom is 0.261 e. The van der Waals surface area contributed by atoms with E-state index in [-0.39, 0.29) is 5.91 Å². The van der Waals surface area contributed by atoms with Crippen molar-refractivity contribution in [3.05, 3.63) is 59.7 Å². The molecule has 1 saturated heterocycles. The Morgan fingerprint density at radius 2 is 1.79 bits per heavy atom. The molecule has 1 heterocycles. The van der Waals surface area contributed by atoms with Gasteiger partial charge in [0, 0.05) is 26.2 Å². The Morgan fingerprint density at radius 1 is 1.10 bits per heavy atom. The second kappa shape index (κ2) is 10.8. The van der Waals surface area contributed by atoms with E-state index in [1.807, 2.05) is 43.3 Å². The van der Waals surface area contributed by atoms with E-state index in [1.54, 1.807) is 7.11 Å². The lowest BCUT2D eigenvalue weighted by Gasteiger charge is -2.26. The standard InChI is InChI=1S/C23H30N2O4/c1-3-22(29-21-9-7-20(27-2)8-10-21)23(26)24-16-18-5-4-6-19(15-18)17-25-11-13-28-14-12-25/h4-10,15,22H,3,11-14,16-17H2,1-2H3,(H,24,26). The Morgan fingerprint density at radius 3 is 2.48 bits per heavy atom. The summed E-state index contributed by atoms with van der Waals surface area (Å²) >= 11 is 0. The molecule has 2 aromatic rings. The van der Waals surface area contributed by atoms with Gasteiger partial charge < -0.3 is 19.5 Å². The molecule has 1 aliphatic heterocycles. The third-order valence-corrected chi connectivity index (χ3v) is 4.97. The average molecular weight is 399 g/mol. The lowest BCUT2D eigenvalue weighted by molar-refractivity contribution is -0.128. The molecule has 6 nitrogen and oxygen atoms in total. The number of morpholine rings is 1. The quantitative estimate of drug-likeness (QED) is 0.704. The summed E-state index contributed by atoms with van der Waals surface area (Å²) in [5, 5.41) is 3.00. The van der Waals surface area contributed by atoms with E-state index in [0.29, 0.717) is 18.7 Å². The van der Waals surface area contributed by atoms with Crippen molar-refractivity contribution in [1.82, 2.24) is 10.2 Å². The van der Waals surface area contributed by atoms with Crippen LogP contribution in [-0.4, -0.2) is 50.3 Å². The molecule has 1 fully saturated rings. The van der Waals surface area contributed by atoms with E-state index in [1.165, 1.54) is 5.56 Å². The zero-order valence-corrected chi connectivity index (χ0v) is 17.2. The molecule has 0 bridgehead atoms. The number of amides is 1. The fraction of sp³-hybridized carbons (Fsp3) is 0.435. The highest BCUT2D eigenvalue weighted by Gasteiger charge is 2.18. The summed E-state index contributed by atoms with van der Waals surface area (Å²) in [4.78, 5) is 15.0. The maximum atomic E-state index is 12.6. The number of hydrogen-bond acceptors (Lipinski definition) is 5. The van der Waals surface area contributed by atoms with Gasteiger partial charge in [-0.15, -0.1) is 0 Å². The van der Waals surface area contributed by atoms with E-state index >= 15 is 0 Å². The van der Waals surface area contributed by atoms with E-state index in [9.17, 15) is 4.79 Å². The predicted molar refractivity (Wildman–Crippen MR) is 112 cm³/mol. The fourth-order valence-electron chi connectivity index (χ4n) is 3.30. The number of carbonyl (C=O) groups is 1. The van der Waals surface area contributed by atoms with Crippen molar-refractivity contribution in [2.45, 2.75) is 32.5 Å². The molecule has 0 aromatic heterocycles. The van der Waals surface area contributed by atoms with Crippen LogP contribution in [0.3, 0.4) is 0 Å². The average Bonchev–Trinajstić information content (AvgIpc) is 2.77. The second-order valence-electron chi connectivity index (χ2n) is 7.12. The molecule has 1 unspecified atom stereocenters. The van der Waals surface area contributed by atoms with Gasteiger partial charge in [0.2, 0.25) is 0 Å². The summed E-state index contributed by atoms with van der Waals surface area (Å²) in [7, 11) is 1.62. The Labute approximate surface area is 172 Å². The predicted octanol–water partition coefficient (Wildman–Crippen LogP) is 3.00. The molecule has 1 amide bonds. The van der Waals surface area contributed by atoms with Crippen molar-refractivity contribution in [1.29, 1.82) is 0 Å². The van der Waals surface area contributed by atoms with Crippen LogP contribution < -0.4 is 14.8 Å². The van der Waals surface area contributed by atoms with Gasteiger partial charge in [0.05, 0.1) is 20.3 Å². The molecule has 0 aliphatic carbocycles. The van der Waals surface area contributed by atoms with Crippen molar-refractivity contribution >= 4 is 5.91 Å². The molecule has 1 aliphatic rings. The first-order valence-electron chi connectivity index (χ1n) is 10.1. The largest absolute Gasteiger partial charge is 0.497 e. The van der Waals surface area contributed by atoms with E-state index in [2.05, 4.69) is 22.3 Å². The summed E-state index contributed by atoms with van der Waals surface area (Å²) in [5.41, 5.74) is 2.34. The molecule has 3 rings (SSSR count). The molecule has 0 spiro atoms. The van der Waals surface area contributed by atoms with Crippen LogP contribution in [0.5, 0.6) is 11.5 Å². The van der Waals surface area contributed by atoms with Gasteiger partial charge >= 0.3 is 0 Å². The summed E-state index contributed by atoms with van der Waals surface area (Å²) in [6.45, 7) is 6.84. The van der Waals surface area contributed by atoms with Crippen LogP contribution in [0.1, 0.15) is 24.5 Å². The second-order valence-corrected chi connectivity index (χ2v) is 7.12. The number of nitrogens with zero attached hydrogens (tertiary/aromatic N) is 1. The Balaban J connectivity index is 1.52. The third-order valence-electron chi connectivity index (χ3n) is 4.97. The molecular weight excluding hydrogens is 368 g/mol. The molecule has 156 valence electrons. The SMILES string of the molecule is CCC(Oc1ccc(OC)cc1)C(=O)NCc1cccc(CN2CCOCC2)c1.